The highest BCUT2D eigenvalue weighted by molar-refractivity contribution is 5.27. The van der Waals surface area contributed by atoms with Crippen molar-refractivity contribution in [1.29, 1.82) is 0 Å². The lowest BCUT2D eigenvalue weighted by Crippen LogP contribution is -2.25. The quantitative estimate of drug-likeness (QED) is 0.747. The van der Waals surface area contributed by atoms with Gasteiger partial charge in [0.15, 0.2) is 0 Å². The third kappa shape index (κ3) is 1.74. The lowest BCUT2D eigenvalue weighted by Gasteiger charge is -2.26. The van der Waals surface area contributed by atoms with E-state index in [0.717, 1.165) is 13.2 Å². The molecule has 1 aliphatic rings. The van der Waals surface area contributed by atoms with Crippen LogP contribution in [0.25, 0.3) is 0 Å². The molecule has 1 aromatic rings. The first kappa shape index (κ1) is 8.73. The van der Waals surface area contributed by atoms with Gasteiger partial charge in [-0.15, -0.1) is 0 Å². The van der Waals surface area contributed by atoms with Gasteiger partial charge < -0.3 is 10.5 Å². The molecule has 70 valence electrons. The summed E-state index contributed by atoms with van der Waals surface area (Å²) in [7, 11) is 0. The highest BCUT2D eigenvalue weighted by atomic mass is 16.5. The first-order chi connectivity index (χ1) is 6.27. The van der Waals surface area contributed by atoms with Gasteiger partial charge in [0, 0.05) is 12.0 Å². The van der Waals surface area contributed by atoms with E-state index in [-0.39, 0.29) is 6.04 Å². The Morgan fingerprint density at radius 1 is 1.31 bits per heavy atom. The first-order valence-electron chi connectivity index (χ1n) is 4.70. The Labute approximate surface area is 78.7 Å². The lowest BCUT2D eigenvalue weighted by molar-refractivity contribution is 0.00841. The highest BCUT2D eigenvalue weighted by Crippen LogP contribution is 2.24. The predicted molar refractivity (Wildman–Crippen MR) is 52.6 cm³/mol. The van der Waals surface area contributed by atoms with Gasteiger partial charge in [0.2, 0.25) is 0 Å². The smallest absolute Gasteiger partial charge is 0.0557 e. The minimum Gasteiger partial charge on any atom is -0.380 e. The average molecular weight is 177 g/mol. The molecule has 0 radical (unpaired) electrons. The second-order valence-corrected chi connectivity index (χ2v) is 3.69. The number of nitrogens with two attached hydrogens (primary N) is 1. The SMILES string of the molecule is CC(N)c1ccc(C2COC2)cc1. The maximum Gasteiger partial charge on any atom is 0.0557 e. The Kier molecular flexibility index (Phi) is 2.34. The number of hydrogen-bond acceptors (Lipinski definition) is 2. The molecule has 2 nitrogen and oxygen atoms in total. The summed E-state index contributed by atoms with van der Waals surface area (Å²) in [4.78, 5) is 0. The molecule has 13 heavy (non-hydrogen) atoms. The maximum absolute atomic E-state index is 5.76. The van der Waals surface area contributed by atoms with E-state index in [1.807, 2.05) is 6.92 Å². The number of rotatable bonds is 2. The van der Waals surface area contributed by atoms with Gasteiger partial charge in [0.1, 0.15) is 0 Å². The van der Waals surface area contributed by atoms with Crippen LogP contribution in [0, 0.1) is 0 Å². The van der Waals surface area contributed by atoms with E-state index in [2.05, 4.69) is 24.3 Å². The number of hydrogen-bond donors (Lipinski definition) is 1. The minimum atomic E-state index is 0.131. The molecule has 1 aromatic carbocycles. The van der Waals surface area contributed by atoms with E-state index in [9.17, 15) is 0 Å². The monoisotopic (exact) mass is 177 g/mol. The molecule has 1 aliphatic heterocycles. The van der Waals surface area contributed by atoms with E-state index >= 15 is 0 Å². The van der Waals surface area contributed by atoms with E-state index in [0.29, 0.717) is 5.92 Å². The first-order valence-corrected chi connectivity index (χ1v) is 4.70. The molecule has 0 bridgehead atoms. The van der Waals surface area contributed by atoms with Gasteiger partial charge in [-0.05, 0) is 18.1 Å². The van der Waals surface area contributed by atoms with Gasteiger partial charge in [-0.3, -0.25) is 0 Å². The molecule has 0 aromatic heterocycles. The molecule has 2 rings (SSSR count). The normalized spacial score (nSPS) is 19.5. The van der Waals surface area contributed by atoms with Crippen molar-refractivity contribution in [3.05, 3.63) is 35.4 Å². The van der Waals surface area contributed by atoms with E-state index in [1.165, 1.54) is 11.1 Å². The summed E-state index contributed by atoms with van der Waals surface area (Å²) >= 11 is 0. The minimum absolute atomic E-state index is 0.131. The summed E-state index contributed by atoms with van der Waals surface area (Å²) in [6.07, 6.45) is 0. The predicted octanol–water partition coefficient (Wildman–Crippen LogP) is 1.82. The van der Waals surface area contributed by atoms with E-state index in [1.54, 1.807) is 0 Å². The van der Waals surface area contributed by atoms with Crippen molar-refractivity contribution < 1.29 is 4.74 Å². The van der Waals surface area contributed by atoms with Gasteiger partial charge in [-0.1, -0.05) is 24.3 Å². The van der Waals surface area contributed by atoms with Gasteiger partial charge >= 0.3 is 0 Å². The van der Waals surface area contributed by atoms with Crippen LogP contribution in [0.1, 0.15) is 30.0 Å². The van der Waals surface area contributed by atoms with Gasteiger partial charge in [-0.25, -0.2) is 0 Å². The third-order valence-corrected chi connectivity index (χ3v) is 2.57. The van der Waals surface area contributed by atoms with Crippen LogP contribution in [0.2, 0.25) is 0 Å². The molecular weight excluding hydrogens is 162 g/mol. The summed E-state index contributed by atoms with van der Waals surface area (Å²) in [5, 5.41) is 0. The van der Waals surface area contributed by atoms with Crippen molar-refractivity contribution in [2.24, 2.45) is 5.73 Å². The van der Waals surface area contributed by atoms with Crippen LogP contribution in [0.5, 0.6) is 0 Å². The van der Waals surface area contributed by atoms with Gasteiger partial charge in [0.25, 0.3) is 0 Å². The zero-order valence-electron chi connectivity index (χ0n) is 7.86. The topological polar surface area (TPSA) is 35.2 Å². The standard InChI is InChI=1S/C11H15NO/c1-8(12)9-2-4-10(5-3-9)11-6-13-7-11/h2-5,8,11H,6-7,12H2,1H3. The Hall–Kier alpha value is -0.860. The fraction of sp³-hybridized carbons (Fsp3) is 0.455. The average Bonchev–Trinajstić information content (AvgIpc) is 2.02. The van der Waals surface area contributed by atoms with Crippen molar-refractivity contribution in [1.82, 2.24) is 0 Å². The maximum atomic E-state index is 5.76. The molecule has 1 unspecified atom stereocenters. The Bertz CT molecular complexity index is 275. The zero-order valence-corrected chi connectivity index (χ0v) is 7.86. The van der Waals surface area contributed by atoms with Gasteiger partial charge in [-0.2, -0.15) is 0 Å². The number of benzene rings is 1. The molecule has 2 N–H and O–H groups in total. The number of ether oxygens (including phenoxy) is 1. The summed E-state index contributed by atoms with van der Waals surface area (Å²) in [6, 6.07) is 8.67. The fourth-order valence-corrected chi connectivity index (χ4v) is 1.50. The summed E-state index contributed by atoms with van der Waals surface area (Å²) in [5.74, 6) is 0.613. The van der Waals surface area contributed by atoms with Crippen LogP contribution in [-0.4, -0.2) is 13.2 Å². The third-order valence-electron chi connectivity index (χ3n) is 2.57. The van der Waals surface area contributed by atoms with Crippen LogP contribution in [0.15, 0.2) is 24.3 Å². The molecule has 1 saturated heterocycles. The zero-order chi connectivity index (χ0) is 9.26. The van der Waals surface area contributed by atoms with Crippen LogP contribution < -0.4 is 5.73 Å². The second-order valence-electron chi connectivity index (χ2n) is 3.69. The molecule has 1 heterocycles. The van der Waals surface area contributed by atoms with Crippen LogP contribution in [0.4, 0.5) is 0 Å². The largest absolute Gasteiger partial charge is 0.380 e. The summed E-state index contributed by atoms with van der Waals surface area (Å²) < 4.78 is 5.14. The Balaban J connectivity index is 2.13. The molecule has 1 atom stereocenters. The van der Waals surface area contributed by atoms with Crippen molar-refractivity contribution in [2.45, 2.75) is 18.9 Å². The second kappa shape index (κ2) is 3.48. The molecular formula is C11H15NO. The molecule has 0 spiro atoms. The van der Waals surface area contributed by atoms with Crippen LogP contribution in [-0.2, 0) is 4.74 Å². The van der Waals surface area contributed by atoms with Crippen molar-refractivity contribution in [3.8, 4) is 0 Å². The van der Waals surface area contributed by atoms with Crippen LogP contribution in [0.3, 0.4) is 0 Å². The van der Waals surface area contributed by atoms with E-state index in [4.69, 9.17) is 10.5 Å². The molecule has 0 saturated carbocycles. The van der Waals surface area contributed by atoms with Crippen molar-refractivity contribution >= 4 is 0 Å². The highest BCUT2D eigenvalue weighted by Gasteiger charge is 2.19. The van der Waals surface area contributed by atoms with Gasteiger partial charge in [0.05, 0.1) is 13.2 Å². The summed E-state index contributed by atoms with van der Waals surface area (Å²) in [6.45, 7) is 3.75. The van der Waals surface area contributed by atoms with E-state index < -0.39 is 0 Å². The fourth-order valence-electron chi connectivity index (χ4n) is 1.50. The Morgan fingerprint density at radius 3 is 2.31 bits per heavy atom. The molecule has 1 fully saturated rings. The van der Waals surface area contributed by atoms with Crippen LogP contribution >= 0.6 is 0 Å². The Morgan fingerprint density at radius 2 is 1.92 bits per heavy atom. The summed E-state index contributed by atoms with van der Waals surface area (Å²) in [5.41, 5.74) is 8.33. The molecule has 0 amide bonds. The van der Waals surface area contributed by atoms with Crippen molar-refractivity contribution in [2.75, 3.05) is 13.2 Å². The lowest BCUT2D eigenvalue weighted by atomic mass is 9.96. The molecule has 0 aliphatic carbocycles. The molecule has 2 heteroatoms. The van der Waals surface area contributed by atoms with Crippen molar-refractivity contribution in [3.63, 3.8) is 0 Å².